The molecule has 0 nitrogen and oxygen atoms in total. The molecule has 95 valence electrons. The minimum Gasteiger partial charge on any atom is -0.0610 e. The molecule has 0 heterocycles. The highest BCUT2D eigenvalue weighted by molar-refractivity contribution is 6.32. The molecule has 0 saturated heterocycles. The van der Waals surface area contributed by atoms with Gasteiger partial charge in [-0.3, -0.25) is 0 Å². The topological polar surface area (TPSA) is 0 Å². The zero-order valence-corrected chi connectivity index (χ0v) is 12.7. The van der Waals surface area contributed by atoms with Crippen LogP contribution in [-0.4, -0.2) is 17.4 Å². The number of hydrogen-bond donors (Lipinski definition) is 0. The Balaban J connectivity index is 0.00000115. The van der Waals surface area contributed by atoms with E-state index < -0.39 is 0 Å². The molecule has 0 bridgehead atoms. The fourth-order valence-electron chi connectivity index (χ4n) is 3.58. The van der Waals surface area contributed by atoms with Gasteiger partial charge in [0.05, 0.1) is 0 Å². The van der Waals surface area contributed by atoms with E-state index in [1.807, 2.05) is 0 Å². The third-order valence-electron chi connectivity index (χ3n) is 4.39. The fraction of sp³-hybridized carbons (Fsp3) is 0. The highest BCUT2D eigenvalue weighted by Gasteiger charge is 2.11. The van der Waals surface area contributed by atoms with Gasteiger partial charge in [-0.2, -0.15) is 0 Å². The Bertz CT molecular complexity index is 923. The molecule has 3 radical (unpaired) electrons. The summed E-state index contributed by atoms with van der Waals surface area (Å²) >= 11 is 0. The van der Waals surface area contributed by atoms with Crippen LogP contribution in [0.3, 0.4) is 0 Å². The van der Waals surface area contributed by atoms with E-state index in [1.54, 1.807) is 0 Å². The van der Waals surface area contributed by atoms with Crippen LogP contribution in [-0.2, 0) is 0 Å². The van der Waals surface area contributed by atoms with Gasteiger partial charge in [0.25, 0.3) is 0 Å². The van der Waals surface area contributed by atoms with Crippen LogP contribution in [0.15, 0.2) is 72.8 Å². The van der Waals surface area contributed by atoms with Gasteiger partial charge in [-0.05, 0) is 43.1 Å². The van der Waals surface area contributed by atoms with Gasteiger partial charge in [-0.1, -0.05) is 72.8 Å². The summed E-state index contributed by atoms with van der Waals surface area (Å²) in [6, 6.07) is 26.4. The molecule has 5 aromatic carbocycles. The van der Waals surface area contributed by atoms with Gasteiger partial charge in [-0.25, -0.2) is 0 Å². The standard InChI is InChI=1S/C20H12.Al/c1-5-13-6-2-11-17-18-12-4-8-14-7-3-10-16(20(14)18)15(9-1)19(13)17;/h1-12H;. The summed E-state index contributed by atoms with van der Waals surface area (Å²) in [6.45, 7) is 0. The molecule has 21 heavy (non-hydrogen) atoms. The minimum absolute atomic E-state index is 0. The van der Waals surface area contributed by atoms with Crippen LogP contribution in [0.4, 0.5) is 0 Å². The minimum atomic E-state index is 0. The first kappa shape index (κ1) is 12.7. The number of fused-ring (bicyclic) bond motifs is 2. The van der Waals surface area contributed by atoms with Crippen LogP contribution in [0.1, 0.15) is 0 Å². The molecular weight excluding hydrogens is 267 g/mol. The van der Waals surface area contributed by atoms with Crippen molar-refractivity contribution in [2.24, 2.45) is 0 Å². The molecule has 0 unspecified atom stereocenters. The highest BCUT2D eigenvalue weighted by Crippen LogP contribution is 2.39. The summed E-state index contributed by atoms with van der Waals surface area (Å²) in [4.78, 5) is 0. The fourth-order valence-corrected chi connectivity index (χ4v) is 3.58. The number of benzene rings is 5. The van der Waals surface area contributed by atoms with Crippen molar-refractivity contribution in [1.29, 1.82) is 0 Å². The molecule has 0 saturated carbocycles. The Morgan fingerprint density at radius 2 is 0.667 bits per heavy atom. The molecule has 0 spiro atoms. The lowest BCUT2D eigenvalue weighted by Crippen LogP contribution is -1.85. The average Bonchev–Trinajstić information content (AvgIpc) is 2.52. The molecule has 0 N–H and O–H groups in total. The van der Waals surface area contributed by atoms with Crippen LogP contribution in [0.5, 0.6) is 0 Å². The van der Waals surface area contributed by atoms with Crippen molar-refractivity contribution < 1.29 is 0 Å². The third-order valence-corrected chi connectivity index (χ3v) is 4.39. The van der Waals surface area contributed by atoms with Gasteiger partial charge >= 0.3 is 0 Å². The van der Waals surface area contributed by atoms with E-state index in [1.165, 1.54) is 43.1 Å². The predicted molar refractivity (Wildman–Crippen MR) is 93.4 cm³/mol. The van der Waals surface area contributed by atoms with Gasteiger partial charge in [0.15, 0.2) is 0 Å². The maximum Gasteiger partial charge on any atom is 0 e. The van der Waals surface area contributed by atoms with Gasteiger partial charge in [0.2, 0.25) is 0 Å². The van der Waals surface area contributed by atoms with E-state index in [-0.39, 0.29) is 17.4 Å². The molecule has 0 aliphatic carbocycles. The molecule has 0 aromatic heterocycles. The van der Waals surface area contributed by atoms with E-state index in [9.17, 15) is 0 Å². The Labute approximate surface area is 133 Å². The van der Waals surface area contributed by atoms with Crippen molar-refractivity contribution >= 4 is 60.5 Å². The van der Waals surface area contributed by atoms with Crippen molar-refractivity contribution in [3.05, 3.63) is 72.8 Å². The van der Waals surface area contributed by atoms with Gasteiger partial charge in [0, 0.05) is 17.4 Å². The van der Waals surface area contributed by atoms with Crippen molar-refractivity contribution in [3.8, 4) is 0 Å². The molecule has 5 rings (SSSR count). The molecule has 0 fully saturated rings. The monoisotopic (exact) mass is 279 g/mol. The Kier molecular flexibility index (Phi) is 2.69. The summed E-state index contributed by atoms with van der Waals surface area (Å²) in [5.74, 6) is 0. The largest absolute Gasteiger partial charge is 0.0610 e. The van der Waals surface area contributed by atoms with Crippen molar-refractivity contribution in [2.75, 3.05) is 0 Å². The van der Waals surface area contributed by atoms with E-state index in [4.69, 9.17) is 0 Å². The van der Waals surface area contributed by atoms with E-state index >= 15 is 0 Å². The Morgan fingerprint density at radius 3 is 0.952 bits per heavy atom. The molecular formula is C20H12Al. The van der Waals surface area contributed by atoms with Crippen LogP contribution in [0.2, 0.25) is 0 Å². The first-order chi connectivity index (χ1) is 9.93. The van der Waals surface area contributed by atoms with Crippen LogP contribution < -0.4 is 0 Å². The maximum atomic E-state index is 2.25. The second-order valence-electron chi connectivity index (χ2n) is 5.42. The normalized spacial score (nSPS) is 11.4. The Morgan fingerprint density at radius 1 is 0.381 bits per heavy atom. The number of rotatable bonds is 0. The third kappa shape index (κ3) is 1.56. The van der Waals surface area contributed by atoms with Crippen molar-refractivity contribution in [2.45, 2.75) is 0 Å². The van der Waals surface area contributed by atoms with Gasteiger partial charge in [-0.15, -0.1) is 0 Å². The second kappa shape index (κ2) is 4.47. The molecule has 5 aromatic rings. The SMILES string of the molecule is [Al].c1cc2cccc3c4cccc5cccc(c(c1)c23)c54. The Hall–Kier alpha value is -2.07. The lowest BCUT2D eigenvalue weighted by atomic mass is 9.90. The molecule has 1 heteroatoms. The van der Waals surface area contributed by atoms with E-state index in [0.29, 0.717) is 0 Å². The van der Waals surface area contributed by atoms with Crippen LogP contribution >= 0.6 is 0 Å². The molecule has 0 aliphatic rings. The smallest absolute Gasteiger partial charge is 0 e. The lowest BCUT2D eigenvalue weighted by molar-refractivity contribution is 1.78. The summed E-state index contributed by atoms with van der Waals surface area (Å²) in [5, 5.41) is 10.9. The summed E-state index contributed by atoms with van der Waals surface area (Å²) in [7, 11) is 0. The predicted octanol–water partition coefficient (Wildman–Crippen LogP) is 5.36. The summed E-state index contributed by atoms with van der Waals surface area (Å²) < 4.78 is 0. The second-order valence-corrected chi connectivity index (χ2v) is 5.42. The van der Waals surface area contributed by atoms with E-state index in [0.717, 1.165) is 0 Å². The molecule has 0 aliphatic heterocycles. The summed E-state index contributed by atoms with van der Waals surface area (Å²) in [5.41, 5.74) is 0. The molecule has 0 amide bonds. The van der Waals surface area contributed by atoms with E-state index in [2.05, 4.69) is 72.8 Å². The maximum absolute atomic E-state index is 2.25. The quantitative estimate of drug-likeness (QED) is 0.203. The first-order valence-corrected chi connectivity index (χ1v) is 6.98. The summed E-state index contributed by atoms with van der Waals surface area (Å²) in [6.07, 6.45) is 0. The van der Waals surface area contributed by atoms with Gasteiger partial charge < -0.3 is 0 Å². The average molecular weight is 279 g/mol. The number of hydrogen-bond acceptors (Lipinski definition) is 0. The van der Waals surface area contributed by atoms with Crippen LogP contribution in [0.25, 0.3) is 43.1 Å². The van der Waals surface area contributed by atoms with Crippen molar-refractivity contribution in [1.82, 2.24) is 0 Å². The van der Waals surface area contributed by atoms with Crippen LogP contribution in [0, 0.1) is 0 Å². The lowest BCUT2D eigenvalue weighted by Gasteiger charge is -2.13. The zero-order chi connectivity index (χ0) is 13.1. The van der Waals surface area contributed by atoms with Crippen molar-refractivity contribution in [3.63, 3.8) is 0 Å². The zero-order valence-electron chi connectivity index (χ0n) is 11.5. The van der Waals surface area contributed by atoms with Gasteiger partial charge in [0.1, 0.15) is 0 Å². The highest BCUT2D eigenvalue weighted by atomic mass is 27.0. The first-order valence-electron chi connectivity index (χ1n) is 6.98. The molecule has 0 atom stereocenters.